The van der Waals surface area contributed by atoms with Crippen LogP contribution in [-0.4, -0.2) is 27.4 Å². The minimum atomic E-state index is -0.0938. The molecule has 1 N–H and O–H groups in total. The Labute approximate surface area is 137 Å². The van der Waals surface area contributed by atoms with Crippen LogP contribution in [0.2, 0.25) is 0 Å². The number of hydrogen-bond donors (Lipinski definition) is 1. The predicted molar refractivity (Wildman–Crippen MR) is 91.5 cm³/mol. The van der Waals surface area contributed by atoms with E-state index >= 15 is 0 Å². The van der Waals surface area contributed by atoms with Gasteiger partial charge in [0.2, 0.25) is 0 Å². The quantitative estimate of drug-likeness (QED) is 0.942. The molecule has 6 heteroatoms. The second-order valence-corrected chi connectivity index (χ2v) is 6.34. The molecule has 5 nitrogen and oxygen atoms in total. The molecule has 0 radical (unpaired) electrons. The molecule has 2 atom stereocenters. The minimum absolute atomic E-state index is 0.0367. The summed E-state index contributed by atoms with van der Waals surface area (Å²) < 4.78 is 0. The highest BCUT2D eigenvalue weighted by atomic mass is 32.2. The van der Waals surface area contributed by atoms with E-state index in [1.807, 2.05) is 36.4 Å². The predicted octanol–water partition coefficient (Wildman–Crippen LogP) is 2.42. The first-order valence-electron chi connectivity index (χ1n) is 7.36. The molecule has 0 saturated heterocycles. The van der Waals surface area contributed by atoms with Gasteiger partial charge in [-0.25, -0.2) is 4.99 Å². The van der Waals surface area contributed by atoms with E-state index in [2.05, 4.69) is 32.6 Å². The number of nitrogens with zero attached hydrogens (tertiary/aromatic N) is 3. The number of pyridine rings is 1. The summed E-state index contributed by atoms with van der Waals surface area (Å²) >= 11 is 1.50. The van der Waals surface area contributed by atoms with Gasteiger partial charge in [-0.1, -0.05) is 48.2 Å². The van der Waals surface area contributed by atoms with Crippen LogP contribution in [0.25, 0.3) is 0 Å². The average Bonchev–Trinajstić information content (AvgIpc) is 3.22. The van der Waals surface area contributed by atoms with Gasteiger partial charge >= 0.3 is 0 Å². The van der Waals surface area contributed by atoms with Crippen LogP contribution in [0.15, 0.2) is 64.8 Å². The zero-order valence-electron chi connectivity index (χ0n) is 12.2. The van der Waals surface area contributed by atoms with Crippen LogP contribution < -0.4 is 5.43 Å². The molecule has 1 amide bonds. The van der Waals surface area contributed by atoms with Crippen LogP contribution >= 0.6 is 11.8 Å². The molecule has 4 rings (SSSR count). The number of aromatic nitrogens is 1. The van der Waals surface area contributed by atoms with Crippen LogP contribution in [0.1, 0.15) is 17.3 Å². The van der Waals surface area contributed by atoms with Gasteiger partial charge in [-0.15, -0.1) is 0 Å². The molecule has 1 aromatic carbocycles. The number of carbonyl (C=O) groups excluding carboxylic acids is 1. The Morgan fingerprint density at radius 2 is 1.91 bits per heavy atom. The highest BCUT2D eigenvalue weighted by Crippen LogP contribution is 2.36. The van der Waals surface area contributed by atoms with Crippen molar-refractivity contribution in [2.45, 2.75) is 6.04 Å². The molecule has 0 spiro atoms. The number of carbonyl (C=O) groups is 1. The van der Waals surface area contributed by atoms with Crippen molar-refractivity contribution in [3.63, 3.8) is 0 Å². The lowest BCUT2D eigenvalue weighted by Crippen LogP contribution is -2.28. The molecule has 0 aliphatic carbocycles. The Kier molecular flexibility index (Phi) is 3.67. The molecule has 114 valence electrons. The van der Waals surface area contributed by atoms with E-state index in [-0.39, 0.29) is 17.9 Å². The Morgan fingerprint density at radius 3 is 2.61 bits per heavy atom. The molecule has 0 saturated carbocycles. The lowest BCUT2D eigenvalue weighted by atomic mass is 9.90. The number of hydrazone groups is 1. The molecule has 2 aliphatic heterocycles. The lowest BCUT2D eigenvalue weighted by molar-refractivity contribution is -0.115. The lowest BCUT2D eigenvalue weighted by Gasteiger charge is -2.20. The zero-order valence-corrected chi connectivity index (χ0v) is 13.0. The van der Waals surface area contributed by atoms with Crippen molar-refractivity contribution < 1.29 is 4.79 Å². The van der Waals surface area contributed by atoms with Crippen LogP contribution in [0.3, 0.4) is 0 Å². The Bertz CT molecular complexity index is 789. The smallest absolute Gasteiger partial charge is 0.256 e. The number of rotatable bonds is 3. The maximum absolute atomic E-state index is 11.6. The molecule has 23 heavy (non-hydrogen) atoms. The van der Waals surface area contributed by atoms with Gasteiger partial charge in [-0.3, -0.25) is 9.78 Å². The van der Waals surface area contributed by atoms with E-state index in [1.165, 1.54) is 11.8 Å². The van der Waals surface area contributed by atoms with Crippen molar-refractivity contribution in [3.05, 3.63) is 66.0 Å². The Morgan fingerprint density at radius 1 is 1.09 bits per heavy atom. The fourth-order valence-electron chi connectivity index (χ4n) is 2.84. The van der Waals surface area contributed by atoms with Gasteiger partial charge in [-0.05, 0) is 17.7 Å². The highest BCUT2D eigenvalue weighted by molar-refractivity contribution is 8.15. The molecule has 3 heterocycles. The minimum Gasteiger partial charge on any atom is -0.301 e. The number of amides is 1. The number of benzene rings is 1. The largest absolute Gasteiger partial charge is 0.301 e. The number of thioether (sulfide) groups is 1. The standard InChI is InChI=1S/C17H14N4OS/c22-13-10-23-17(19-13)14-15(11-6-2-1-3-7-11)20-21-16(14)12-8-4-5-9-18-12/h1-9,14-15,20H,10H2. The molecule has 2 unspecified atom stereocenters. The van der Waals surface area contributed by atoms with Crippen molar-refractivity contribution in [1.82, 2.24) is 10.4 Å². The van der Waals surface area contributed by atoms with Crippen molar-refractivity contribution >= 4 is 28.4 Å². The molecular weight excluding hydrogens is 308 g/mol. The van der Waals surface area contributed by atoms with Gasteiger partial charge in [0, 0.05) is 6.20 Å². The Balaban J connectivity index is 1.76. The third-order valence-corrected chi connectivity index (χ3v) is 4.91. The van der Waals surface area contributed by atoms with Gasteiger partial charge in [0.25, 0.3) is 5.91 Å². The number of aliphatic imine (C=N–C) groups is 1. The van der Waals surface area contributed by atoms with Crippen LogP contribution in [0.5, 0.6) is 0 Å². The first kappa shape index (κ1) is 14.1. The average molecular weight is 322 g/mol. The van der Waals surface area contributed by atoms with Gasteiger partial charge < -0.3 is 5.43 Å². The Hall–Kier alpha value is -2.47. The van der Waals surface area contributed by atoms with E-state index in [0.29, 0.717) is 5.75 Å². The third-order valence-electron chi connectivity index (χ3n) is 3.88. The van der Waals surface area contributed by atoms with Crippen LogP contribution in [0.4, 0.5) is 0 Å². The van der Waals surface area contributed by atoms with E-state index in [1.54, 1.807) is 6.20 Å². The SMILES string of the molecule is O=C1CSC(C2C(c3ccccn3)=NNC2c2ccccc2)=N1. The van der Waals surface area contributed by atoms with E-state index < -0.39 is 0 Å². The molecular formula is C17H14N4OS. The van der Waals surface area contributed by atoms with E-state index in [0.717, 1.165) is 22.0 Å². The zero-order chi connectivity index (χ0) is 15.6. The van der Waals surface area contributed by atoms with Gasteiger partial charge in [-0.2, -0.15) is 5.10 Å². The summed E-state index contributed by atoms with van der Waals surface area (Å²) in [5.74, 6) is 0.232. The maximum atomic E-state index is 11.6. The van der Waals surface area contributed by atoms with Crippen molar-refractivity contribution in [2.24, 2.45) is 16.0 Å². The van der Waals surface area contributed by atoms with Gasteiger partial charge in [0.15, 0.2) is 0 Å². The summed E-state index contributed by atoms with van der Waals surface area (Å²) in [6.45, 7) is 0. The van der Waals surface area contributed by atoms with Gasteiger partial charge in [0.1, 0.15) is 0 Å². The fraction of sp³-hybridized carbons (Fsp3) is 0.176. The van der Waals surface area contributed by atoms with Crippen LogP contribution in [0, 0.1) is 5.92 Å². The second kappa shape index (κ2) is 5.96. The van der Waals surface area contributed by atoms with E-state index in [9.17, 15) is 4.79 Å². The highest BCUT2D eigenvalue weighted by Gasteiger charge is 2.40. The summed E-state index contributed by atoms with van der Waals surface area (Å²) in [5.41, 5.74) is 5.97. The first-order valence-corrected chi connectivity index (χ1v) is 8.35. The number of nitrogens with one attached hydrogen (secondary N) is 1. The van der Waals surface area contributed by atoms with Gasteiger partial charge in [0.05, 0.1) is 34.2 Å². The van der Waals surface area contributed by atoms with Crippen molar-refractivity contribution in [2.75, 3.05) is 5.75 Å². The molecule has 1 aromatic heterocycles. The summed E-state index contributed by atoms with van der Waals surface area (Å²) in [7, 11) is 0. The molecule has 0 bridgehead atoms. The van der Waals surface area contributed by atoms with Crippen LogP contribution in [-0.2, 0) is 4.79 Å². The normalized spacial score (nSPS) is 23.4. The third kappa shape index (κ3) is 2.66. The summed E-state index contributed by atoms with van der Waals surface area (Å²) in [6, 6.07) is 15.8. The summed E-state index contributed by atoms with van der Waals surface area (Å²) in [5, 5.41) is 5.33. The molecule has 0 fully saturated rings. The maximum Gasteiger partial charge on any atom is 0.256 e. The first-order chi connectivity index (χ1) is 11.3. The van der Waals surface area contributed by atoms with Crippen molar-refractivity contribution in [1.29, 1.82) is 0 Å². The monoisotopic (exact) mass is 322 g/mol. The topological polar surface area (TPSA) is 66.7 Å². The van der Waals surface area contributed by atoms with Crippen molar-refractivity contribution in [3.8, 4) is 0 Å². The fourth-order valence-corrected chi connectivity index (χ4v) is 3.77. The summed E-state index contributed by atoms with van der Waals surface area (Å²) in [4.78, 5) is 20.2. The van der Waals surface area contributed by atoms with E-state index in [4.69, 9.17) is 0 Å². The molecule has 2 aliphatic rings. The summed E-state index contributed by atoms with van der Waals surface area (Å²) in [6.07, 6.45) is 1.75. The second-order valence-electron chi connectivity index (χ2n) is 5.34. The molecule has 2 aromatic rings. The number of hydrogen-bond acceptors (Lipinski definition) is 5.